The molecule has 0 amide bonds. The van der Waals surface area contributed by atoms with Crippen molar-refractivity contribution in [3.8, 4) is 11.5 Å². The summed E-state index contributed by atoms with van der Waals surface area (Å²) in [6, 6.07) is 0.334. The molecule has 1 fully saturated rings. The minimum absolute atomic E-state index is 0.103. The molecule has 0 bridgehead atoms. The maximum atomic E-state index is 13.7. The summed E-state index contributed by atoms with van der Waals surface area (Å²) >= 11 is 0. The average Bonchev–Trinajstić information content (AvgIpc) is 2.74. The van der Waals surface area contributed by atoms with Crippen LogP contribution >= 0.6 is 0 Å². The first-order valence-electron chi connectivity index (χ1n) is 6.14. The van der Waals surface area contributed by atoms with Gasteiger partial charge in [-0.3, -0.25) is 4.90 Å². The second kappa shape index (κ2) is 5.30. The van der Waals surface area contributed by atoms with E-state index in [-0.39, 0.29) is 23.3 Å². The van der Waals surface area contributed by atoms with Crippen LogP contribution in [0, 0.1) is 17.6 Å². The SMILES string of the molecule is COc1c(F)cc(F)c(O)c1C1CC(CN)CN1C. The van der Waals surface area contributed by atoms with Crippen LogP contribution < -0.4 is 10.5 Å². The molecule has 2 rings (SSSR count). The van der Waals surface area contributed by atoms with E-state index < -0.39 is 17.4 Å². The molecule has 6 heteroatoms. The molecule has 0 spiro atoms. The molecule has 1 saturated heterocycles. The first-order valence-corrected chi connectivity index (χ1v) is 6.14. The summed E-state index contributed by atoms with van der Waals surface area (Å²) in [5.41, 5.74) is 5.80. The van der Waals surface area contributed by atoms with E-state index in [1.807, 2.05) is 11.9 Å². The highest BCUT2D eigenvalue weighted by Gasteiger charge is 2.35. The first kappa shape index (κ1) is 14.0. The van der Waals surface area contributed by atoms with E-state index in [2.05, 4.69) is 0 Å². The van der Waals surface area contributed by atoms with Crippen molar-refractivity contribution in [3.05, 3.63) is 23.3 Å². The van der Waals surface area contributed by atoms with E-state index in [4.69, 9.17) is 10.5 Å². The molecule has 1 aliphatic heterocycles. The lowest BCUT2D eigenvalue weighted by atomic mass is 9.97. The van der Waals surface area contributed by atoms with Gasteiger partial charge in [0.15, 0.2) is 23.1 Å². The molecule has 0 saturated carbocycles. The highest BCUT2D eigenvalue weighted by molar-refractivity contribution is 5.48. The summed E-state index contributed by atoms with van der Waals surface area (Å²) < 4.78 is 32.2. The molecule has 0 aliphatic carbocycles. The van der Waals surface area contributed by atoms with Crippen LogP contribution in [0.2, 0.25) is 0 Å². The minimum atomic E-state index is -0.974. The molecule has 2 atom stereocenters. The number of ether oxygens (including phenoxy) is 1. The third-order valence-electron chi connectivity index (χ3n) is 3.70. The van der Waals surface area contributed by atoms with E-state index in [9.17, 15) is 13.9 Å². The fourth-order valence-corrected chi connectivity index (χ4v) is 2.74. The standard InChI is InChI=1S/C13H18F2N2O2/c1-17-6-7(5-16)3-10(17)11-12(18)8(14)4-9(15)13(11)19-2/h4,7,10,18H,3,5-6,16H2,1-2H3. The van der Waals surface area contributed by atoms with Gasteiger partial charge in [0.05, 0.1) is 12.7 Å². The Hall–Kier alpha value is -1.40. The van der Waals surface area contributed by atoms with Crippen LogP contribution in [0.15, 0.2) is 6.07 Å². The van der Waals surface area contributed by atoms with Crippen LogP contribution in [-0.2, 0) is 0 Å². The smallest absolute Gasteiger partial charge is 0.168 e. The third kappa shape index (κ3) is 2.37. The predicted octanol–water partition coefficient (Wildman–Crippen LogP) is 1.63. The van der Waals surface area contributed by atoms with Crippen molar-refractivity contribution in [3.63, 3.8) is 0 Å². The quantitative estimate of drug-likeness (QED) is 0.878. The topological polar surface area (TPSA) is 58.7 Å². The molecule has 3 N–H and O–H groups in total. The fraction of sp³-hybridized carbons (Fsp3) is 0.538. The van der Waals surface area contributed by atoms with Crippen molar-refractivity contribution >= 4 is 0 Å². The van der Waals surface area contributed by atoms with Gasteiger partial charge in [-0.1, -0.05) is 0 Å². The van der Waals surface area contributed by atoms with Crippen molar-refractivity contribution in [2.45, 2.75) is 12.5 Å². The van der Waals surface area contributed by atoms with E-state index in [1.54, 1.807) is 0 Å². The lowest BCUT2D eigenvalue weighted by molar-refractivity contribution is 0.285. The van der Waals surface area contributed by atoms with Gasteiger partial charge in [-0.25, -0.2) is 8.78 Å². The number of likely N-dealkylation sites (tertiary alicyclic amines) is 1. The summed E-state index contributed by atoms with van der Waals surface area (Å²) in [6.07, 6.45) is 0.639. The van der Waals surface area contributed by atoms with Gasteiger partial charge in [-0.05, 0) is 25.9 Å². The van der Waals surface area contributed by atoms with Crippen molar-refractivity contribution < 1.29 is 18.6 Å². The van der Waals surface area contributed by atoms with Crippen LogP contribution in [0.4, 0.5) is 8.78 Å². The Morgan fingerprint density at radius 1 is 1.47 bits per heavy atom. The third-order valence-corrected chi connectivity index (χ3v) is 3.70. The van der Waals surface area contributed by atoms with Crippen molar-refractivity contribution in [2.24, 2.45) is 11.7 Å². The van der Waals surface area contributed by atoms with E-state index in [1.165, 1.54) is 7.11 Å². The number of methoxy groups -OCH3 is 1. The number of hydrogen-bond acceptors (Lipinski definition) is 4. The second-order valence-corrected chi connectivity index (χ2v) is 4.93. The van der Waals surface area contributed by atoms with Gasteiger partial charge < -0.3 is 15.6 Å². The highest BCUT2D eigenvalue weighted by Crippen LogP contribution is 2.44. The molecule has 19 heavy (non-hydrogen) atoms. The largest absolute Gasteiger partial charge is 0.504 e. The number of benzene rings is 1. The Bertz CT molecular complexity index is 482. The molecule has 1 aromatic rings. The van der Waals surface area contributed by atoms with Crippen LogP contribution in [0.1, 0.15) is 18.0 Å². The monoisotopic (exact) mass is 272 g/mol. The highest BCUT2D eigenvalue weighted by atomic mass is 19.1. The van der Waals surface area contributed by atoms with Crippen LogP contribution in [0.5, 0.6) is 11.5 Å². The normalized spacial score (nSPS) is 23.8. The lowest BCUT2D eigenvalue weighted by Crippen LogP contribution is -2.21. The summed E-state index contributed by atoms with van der Waals surface area (Å²) in [4.78, 5) is 1.92. The maximum absolute atomic E-state index is 13.7. The number of nitrogens with two attached hydrogens (primary N) is 1. The summed E-state index contributed by atoms with van der Waals surface area (Å²) in [5, 5.41) is 9.89. The van der Waals surface area contributed by atoms with Crippen molar-refractivity contribution in [2.75, 3.05) is 27.2 Å². The Balaban J connectivity index is 2.49. The van der Waals surface area contributed by atoms with Gasteiger partial charge in [-0.15, -0.1) is 0 Å². The van der Waals surface area contributed by atoms with Gasteiger partial charge >= 0.3 is 0 Å². The minimum Gasteiger partial charge on any atom is -0.504 e. The first-order chi connectivity index (χ1) is 8.99. The molecule has 106 valence electrons. The fourth-order valence-electron chi connectivity index (χ4n) is 2.74. The number of halogens is 2. The maximum Gasteiger partial charge on any atom is 0.168 e. The summed E-state index contributed by atoms with van der Waals surface area (Å²) in [7, 11) is 3.14. The van der Waals surface area contributed by atoms with Crippen LogP contribution in [0.3, 0.4) is 0 Å². The number of rotatable bonds is 3. The van der Waals surface area contributed by atoms with Crippen molar-refractivity contribution in [1.29, 1.82) is 0 Å². The Morgan fingerprint density at radius 3 is 2.68 bits per heavy atom. The summed E-state index contributed by atoms with van der Waals surface area (Å²) in [5.74, 6) is -2.19. The zero-order chi connectivity index (χ0) is 14.2. The number of phenols is 1. The number of aromatic hydroxyl groups is 1. The van der Waals surface area contributed by atoms with Crippen LogP contribution in [0.25, 0.3) is 0 Å². The van der Waals surface area contributed by atoms with E-state index in [0.717, 1.165) is 6.54 Å². The van der Waals surface area contributed by atoms with E-state index >= 15 is 0 Å². The van der Waals surface area contributed by atoms with Gasteiger partial charge in [0.2, 0.25) is 0 Å². The van der Waals surface area contributed by atoms with Crippen molar-refractivity contribution in [1.82, 2.24) is 4.90 Å². The zero-order valence-corrected chi connectivity index (χ0v) is 11.0. The van der Waals surface area contributed by atoms with Gasteiger partial charge in [0.1, 0.15) is 0 Å². The van der Waals surface area contributed by atoms with E-state index in [0.29, 0.717) is 19.0 Å². The number of phenolic OH excluding ortho intramolecular Hbond substituents is 1. The molecule has 4 nitrogen and oxygen atoms in total. The summed E-state index contributed by atoms with van der Waals surface area (Å²) in [6.45, 7) is 1.23. The molecule has 1 aromatic carbocycles. The van der Waals surface area contributed by atoms with Gasteiger partial charge in [0, 0.05) is 18.7 Å². The molecular weight excluding hydrogens is 254 g/mol. The molecule has 0 radical (unpaired) electrons. The zero-order valence-electron chi connectivity index (χ0n) is 11.0. The van der Waals surface area contributed by atoms with Crippen LogP contribution in [-0.4, -0.2) is 37.3 Å². The number of hydrogen-bond donors (Lipinski definition) is 2. The second-order valence-electron chi connectivity index (χ2n) is 4.93. The van der Waals surface area contributed by atoms with Gasteiger partial charge in [0.25, 0.3) is 0 Å². The molecule has 0 aromatic heterocycles. The molecule has 2 unspecified atom stereocenters. The Morgan fingerprint density at radius 2 is 2.16 bits per heavy atom. The molecule has 1 aliphatic rings. The number of nitrogens with zero attached hydrogens (tertiary/aromatic N) is 1. The Kier molecular flexibility index (Phi) is 3.91. The Labute approximate surface area is 110 Å². The average molecular weight is 272 g/mol. The molecule has 1 heterocycles. The predicted molar refractivity (Wildman–Crippen MR) is 67.1 cm³/mol. The lowest BCUT2D eigenvalue weighted by Gasteiger charge is -2.23. The van der Waals surface area contributed by atoms with Gasteiger partial charge in [-0.2, -0.15) is 0 Å². The molecular formula is C13H18F2N2O2.